The lowest BCUT2D eigenvalue weighted by Gasteiger charge is -2.09. The van der Waals surface area contributed by atoms with Crippen molar-refractivity contribution in [2.24, 2.45) is 5.10 Å². The Kier molecular flexibility index (Phi) is 7.88. The van der Waals surface area contributed by atoms with E-state index < -0.39 is 11.8 Å². The number of carbonyl (C=O) groups is 2. The Morgan fingerprint density at radius 1 is 0.903 bits per heavy atom. The number of nitrogens with one attached hydrogen (secondary N) is 2. The number of carbonyl (C=O) groups excluding carboxylic acids is 2. The van der Waals surface area contributed by atoms with Gasteiger partial charge in [-0.1, -0.05) is 54.6 Å². The first-order valence-electron chi connectivity index (χ1n) is 9.73. The van der Waals surface area contributed by atoms with Gasteiger partial charge in [-0.25, -0.2) is 9.82 Å². The summed E-state index contributed by atoms with van der Waals surface area (Å²) in [6.45, 7) is 0.523. The lowest BCUT2D eigenvalue weighted by Crippen LogP contribution is -2.38. The maximum Gasteiger partial charge on any atom is 0.329 e. The third-order valence-corrected chi connectivity index (χ3v) is 4.32. The number of ether oxygens (including phenoxy) is 1. The minimum atomic E-state index is -0.859. The molecule has 0 aliphatic heterocycles. The second-order valence-corrected chi connectivity index (χ2v) is 6.65. The monoisotopic (exact) mass is 419 g/mol. The molecule has 158 valence electrons. The van der Waals surface area contributed by atoms with Crippen LogP contribution in [0.5, 0.6) is 5.75 Å². The highest BCUT2D eigenvalue weighted by Gasteiger charge is 2.11. The molecule has 0 fully saturated rings. The molecule has 0 bridgehead atoms. The van der Waals surface area contributed by atoms with Gasteiger partial charge in [0.05, 0.1) is 6.21 Å². The lowest BCUT2D eigenvalue weighted by atomic mass is 10.1. The Hall–Kier alpha value is -4.00. The molecule has 0 aliphatic rings. The molecular weight excluding hydrogens is 397 g/mol. The first kappa shape index (κ1) is 21.7. The van der Waals surface area contributed by atoms with Crippen molar-refractivity contribution in [1.82, 2.24) is 10.7 Å². The molecule has 0 heterocycles. The summed E-state index contributed by atoms with van der Waals surface area (Å²) >= 11 is 0. The van der Waals surface area contributed by atoms with Gasteiger partial charge in [-0.15, -0.1) is 0 Å². The fourth-order valence-corrected chi connectivity index (χ4v) is 2.76. The van der Waals surface area contributed by atoms with Crippen molar-refractivity contribution < 1.29 is 18.7 Å². The fourth-order valence-electron chi connectivity index (χ4n) is 2.76. The van der Waals surface area contributed by atoms with E-state index in [2.05, 4.69) is 15.8 Å². The summed E-state index contributed by atoms with van der Waals surface area (Å²) in [5, 5.41) is 6.39. The quantitative estimate of drug-likeness (QED) is 0.334. The van der Waals surface area contributed by atoms with Gasteiger partial charge in [-0.05, 0) is 41.8 Å². The van der Waals surface area contributed by atoms with Crippen molar-refractivity contribution in [1.29, 1.82) is 0 Å². The molecule has 0 aliphatic carbocycles. The zero-order chi connectivity index (χ0) is 21.9. The zero-order valence-electron chi connectivity index (χ0n) is 16.8. The Labute approximate surface area is 179 Å². The van der Waals surface area contributed by atoms with Crippen LogP contribution < -0.4 is 15.5 Å². The summed E-state index contributed by atoms with van der Waals surface area (Å²) in [5.74, 6) is -1.44. The average Bonchev–Trinajstić information content (AvgIpc) is 2.79. The molecule has 31 heavy (non-hydrogen) atoms. The molecule has 0 spiro atoms. The molecule has 0 radical (unpaired) electrons. The van der Waals surface area contributed by atoms with Crippen LogP contribution in [-0.4, -0.2) is 24.6 Å². The van der Waals surface area contributed by atoms with E-state index in [9.17, 15) is 14.0 Å². The number of benzene rings is 3. The molecule has 0 saturated heterocycles. The Bertz CT molecular complexity index is 1050. The van der Waals surface area contributed by atoms with Crippen LogP contribution in [0.4, 0.5) is 4.39 Å². The number of rotatable bonds is 8. The zero-order valence-corrected chi connectivity index (χ0v) is 16.8. The van der Waals surface area contributed by atoms with Crippen LogP contribution in [-0.2, 0) is 22.6 Å². The minimum absolute atomic E-state index is 0.179. The van der Waals surface area contributed by atoms with E-state index in [4.69, 9.17) is 4.74 Å². The molecule has 2 amide bonds. The first-order valence-corrected chi connectivity index (χ1v) is 9.73. The van der Waals surface area contributed by atoms with Gasteiger partial charge in [0.15, 0.2) is 0 Å². The van der Waals surface area contributed by atoms with Gasteiger partial charge >= 0.3 is 11.8 Å². The van der Waals surface area contributed by atoms with E-state index in [1.54, 1.807) is 36.4 Å². The molecule has 0 atom stereocenters. The van der Waals surface area contributed by atoms with Crippen LogP contribution in [0.15, 0.2) is 84.0 Å². The number of para-hydroxylation sites is 1. The smallest absolute Gasteiger partial charge is 0.329 e. The van der Waals surface area contributed by atoms with Crippen LogP contribution in [0.2, 0.25) is 0 Å². The first-order chi connectivity index (χ1) is 15.1. The van der Waals surface area contributed by atoms with Crippen molar-refractivity contribution in [2.75, 3.05) is 6.54 Å². The van der Waals surface area contributed by atoms with Crippen LogP contribution in [0.3, 0.4) is 0 Å². The summed E-state index contributed by atoms with van der Waals surface area (Å²) < 4.78 is 19.0. The van der Waals surface area contributed by atoms with Crippen molar-refractivity contribution in [3.63, 3.8) is 0 Å². The van der Waals surface area contributed by atoms with Gasteiger partial charge in [0.2, 0.25) is 0 Å². The van der Waals surface area contributed by atoms with Crippen LogP contribution >= 0.6 is 0 Å². The van der Waals surface area contributed by atoms with Gasteiger partial charge in [-0.3, -0.25) is 9.59 Å². The lowest BCUT2D eigenvalue weighted by molar-refractivity contribution is -0.139. The number of hydrazone groups is 1. The number of amides is 2. The summed E-state index contributed by atoms with van der Waals surface area (Å²) in [4.78, 5) is 23.8. The number of hydrogen-bond donors (Lipinski definition) is 2. The van der Waals surface area contributed by atoms with Gasteiger partial charge in [0.1, 0.15) is 18.2 Å². The van der Waals surface area contributed by atoms with Crippen molar-refractivity contribution in [3.05, 3.63) is 101 Å². The highest BCUT2D eigenvalue weighted by atomic mass is 19.1. The third kappa shape index (κ3) is 7.08. The Morgan fingerprint density at radius 2 is 1.65 bits per heavy atom. The second kappa shape index (κ2) is 11.3. The minimum Gasteiger partial charge on any atom is -0.488 e. The molecule has 7 heteroatoms. The van der Waals surface area contributed by atoms with Gasteiger partial charge in [0, 0.05) is 12.1 Å². The van der Waals surface area contributed by atoms with Crippen LogP contribution in [0, 0.1) is 5.82 Å². The number of hydrogen-bond acceptors (Lipinski definition) is 4. The van der Waals surface area contributed by atoms with E-state index in [0.717, 1.165) is 5.56 Å². The maximum atomic E-state index is 13.3. The van der Waals surface area contributed by atoms with Gasteiger partial charge in [0.25, 0.3) is 0 Å². The Balaban J connectivity index is 1.48. The molecule has 6 nitrogen and oxygen atoms in total. The largest absolute Gasteiger partial charge is 0.488 e. The standard InChI is InChI=1S/C24H22FN3O3/c25-21-11-6-9-19(15-21)17-31-22-12-5-4-10-20(22)16-27-28-24(30)23(29)26-14-13-18-7-2-1-3-8-18/h1-12,15-16H,13-14,17H2,(H,26,29)(H,28,30)/b27-16-. The normalized spacial score (nSPS) is 10.6. The van der Waals surface area contributed by atoms with E-state index in [1.807, 2.05) is 30.3 Å². The summed E-state index contributed by atoms with van der Waals surface area (Å²) in [6.07, 6.45) is 2.01. The van der Waals surface area contributed by atoms with Gasteiger partial charge in [-0.2, -0.15) is 5.10 Å². The molecule has 0 saturated carbocycles. The molecular formula is C24H22FN3O3. The second-order valence-electron chi connectivity index (χ2n) is 6.65. The molecule has 3 aromatic rings. The third-order valence-electron chi connectivity index (χ3n) is 4.32. The fraction of sp³-hybridized carbons (Fsp3) is 0.125. The summed E-state index contributed by atoms with van der Waals surface area (Å²) in [6, 6.07) is 22.8. The van der Waals surface area contributed by atoms with Gasteiger partial charge < -0.3 is 10.1 Å². The van der Waals surface area contributed by atoms with Crippen molar-refractivity contribution >= 4 is 18.0 Å². The SMILES string of the molecule is O=C(NCCc1ccccc1)C(=O)N/N=C\c1ccccc1OCc1cccc(F)c1. The molecule has 0 unspecified atom stereocenters. The molecule has 3 rings (SSSR count). The highest BCUT2D eigenvalue weighted by molar-refractivity contribution is 6.35. The molecule has 0 aromatic heterocycles. The summed E-state index contributed by atoms with van der Waals surface area (Å²) in [5.41, 5.74) is 4.56. The predicted molar refractivity (Wildman–Crippen MR) is 116 cm³/mol. The predicted octanol–water partition coefficient (Wildman–Crippen LogP) is 3.21. The summed E-state index contributed by atoms with van der Waals surface area (Å²) in [7, 11) is 0. The highest BCUT2D eigenvalue weighted by Crippen LogP contribution is 2.17. The van der Waals surface area contributed by atoms with E-state index in [0.29, 0.717) is 29.8 Å². The number of halogens is 1. The van der Waals surface area contributed by atoms with Crippen LogP contribution in [0.25, 0.3) is 0 Å². The van der Waals surface area contributed by atoms with E-state index in [-0.39, 0.29) is 12.4 Å². The Morgan fingerprint density at radius 3 is 2.45 bits per heavy atom. The average molecular weight is 419 g/mol. The van der Waals surface area contributed by atoms with Crippen molar-refractivity contribution in [3.8, 4) is 5.75 Å². The van der Waals surface area contributed by atoms with E-state index >= 15 is 0 Å². The van der Waals surface area contributed by atoms with E-state index in [1.165, 1.54) is 18.3 Å². The molecule has 2 N–H and O–H groups in total. The maximum absolute atomic E-state index is 13.3. The van der Waals surface area contributed by atoms with Crippen LogP contribution in [0.1, 0.15) is 16.7 Å². The number of nitrogens with zero attached hydrogens (tertiary/aromatic N) is 1. The molecule has 3 aromatic carbocycles. The topological polar surface area (TPSA) is 79.8 Å². The van der Waals surface area contributed by atoms with Crippen molar-refractivity contribution in [2.45, 2.75) is 13.0 Å².